The Morgan fingerprint density at radius 3 is 1.86 bits per heavy atom. The Morgan fingerprint density at radius 1 is 0.705 bits per heavy atom. The van der Waals surface area contributed by atoms with Crippen LogP contribution < -0.4 is 10.4 Å². The van der Waals surface area contributed by atoms with Crippen molar-refractivity contribution in [2.24, 2.45) is 0 Å². The molecule has 0 bridgehead atoms. The smallest absolute Gasteiger partial charge is 0.344 e. The summed E-state index contributed by atoms with van der Waals surface area (Å²) in [4.78, 5) is 48.2. The monoisotopic (exact) mass is 600 g/mol. The summed E-state index contributed by atoms with van der Waals surface area (Å²) in [6, 6.07) is 12.5. The summed E-state index contributed by atoms with van der Waals surface area (Å²) in [6.45, 7) is 16.2. The van der Waals surface area contributed by atoms with E-state index in [2.05, 4.69) is 25.8 Å². The number of aryl methyl sites for hydroxylation is 2. The number of unbranched alkanes of at least 4 members (excludes halogenated alkanes) is 3. The highest BCUT2D eigenvalue weighted by Crippen LogP contribution is 2.28. The first-order valence-electron chi connectivity index (χ1n) is 14.7. The van der Waals surface area contributed by atoms with Crippen LogP contribution >= 0.6 is 0 Å². The molecule has 1 heterocycles. The van der Waals surface area contributed by atoms with Gasteiger partial charge in [-0.2, -0.15) is 0 Å². The molecule has 0 unspecified atom stereocenters. The van der Waals surface area contributed by atoms with Crippen molar-refractivity contribution in [1.29, 1.82) is 0 Å². The molecule has 2 aromatic carbocycles. The van der Waals surface area contributed by atoms with Gasteiger partial charge in [0.1, 0.15) is 11.3 Å². The molecular formula is C36H40O8. The topological polar surface area (TPSA) is 109 Å². The maximum Gasteiger partial charge on any atom is 0.344 e. The number of benzene rings is 2. The van der Waals surface area contributed by atoms with Gasteiger partial charge in [-0.1, -0.05) is 37.9 Å². The Morgan fingerprint density at radius 2 is 1.27 bits per heavy atom. The molecule has 0 saturated heterocycles. The zero-order chi connectivity index (χ0) is 32.2. The van der Waals surface area contributed by atoms with Gasteiger partial charge >= 0.3 is 23.5 Å². The Hall–Kier alpha value is -4.72. The molecule has 0 N–H and O–H groups in total. The van der Waals surface area contributed by atoms with Gasteiger partial charge in [-0.15, -0.1) is 0 Å². The summed E-state index contributed by atoms with van der Waals surface area (Å²) in [5, 5.41) is 0.838. The Kier molecular flexibility index (Phi) is 12.4. The first kappa shape index (κ1) is 33.8. The molecule has 232 valence electrons. The van der Waals surface area contributed by atoms with Crippen molar-refractivity contribution >= 4 is 28.9 Å². The zero-order valence-corrected chi connectivity index (χ0v) is 25.8. The average Bonchev–Trinajstić information content (AvgIpc) is 2.98. The average molecular weight is 601 g/mol. The van der Waals surface area contributed by atoms with Gasteiger partial charge in [0.05, 0.1) is 18.8 Å². The number of hydrogen-bond acceptors (Lipinski definition) is 8. The van der Waals surface area contributed by atoms with E-state index in [0.29, 0.717) is 53.2 Å². The summed E-state index contributed by atoms with van der Waals surface area (Å²) >= 11 is 0. The van der Waals surface area contributed by atoms with E-state index in [1.165, 1.54) is 0 Å². The predicted molar refractivity (Wildman–Crippen MR) is 170 cm³/mol. The maximum atomic E-state index is 13.1. The zero-order valence-electron chi connectivity index (χ0n) is 25.8. The van der Waals surface area contributed by atoms with Crippen molar-refractivity contribution in [1.82, 2.24) is 0 Å². The lowest BCUT2D eigenvalue weighted by atomic mass is 9.96. The maximum absolute atomic E-state index is 13.1. The number of fused-ring (bicyclic) bond motifs is 1. The normalized spacial score (nSPS) is 10.7. The van der Waals surface area contributed by atoms with Gasteiger partial charge in [-0.25, -0.2) is 19.2 Å². The van der Waals surface area contributed by atoms with Gasteiger partial charge in [0.25, 0.3) is 0 Å². The first-order valence-corrected chi connectivity index (χ1v) is 14.7. The minimum Gasteiger partial charge on any atom is -0.462 e. The molecule has 0 aliphatic heterocycles. The van der Waals surface area contributed by atoms with E-state index in [1.807, 2.05) is 12.1 Å². The third-order valence-electron chi connectivity index (χ3n) is 6.84. The van der Waals surface area contributed by atoms with Crippen LogP contribution in [0.3, 0.4) is 0 Å². The van der Waals surface area contributed by atoms with E-state index >= 15 is 0 Å². The van der Waals surface area contributed by atoms with Crippen LogP contribution in [0, 0.1) is 0 Å². The molecule has 0 aliphatic rings. The molecule has 8 nitrogen and oxygen atoms in total. The molecule has 0 radical (unpaired) electrons. The molecule has 3 rings (SSSR count). The minimum atomic E-state index is -0.523. The number of carbonyl (C=O) groups is 3. The largest absolute Gasteiger partial charge is 0.462 e. The minimum absolute atomic E-state index is 0.287. The summed E-state index contributed by atoms with van der Waals surface area (Å²) in [6.07, 6.45) is 5.35. The standard InChI is InChI=1S/C36H40O8/c1-23(2)33(37)41-18-10-7-8-13-28-20-26(12-9-11-19-42-34(38)24(3)4)21-32-30(28)22-31(36(40)44-32)27-14-16-29(17-15-27)43-35(39)25(5)6/h14-17,20-22H,1,3,5,7-13,18-19H2,2,4,6H3. The van der Waals surface area contributed by atoms with Crippen LogP contribution in [0.15, 0.2) is 88.1 Å². The number of ether oxygens (including phenoxy) is 3. The quantitative estimate of drug-likeness (QED) is 0.0558. The fraction of sp³-hybridized carbons (Fsp3) is 0.333. The SMILES string of the molecule is C=C(C)C(=O)OCCCCCc1cc(CCCCOC(=O)C(=C)C)cc2oc(=O)c(-c3ccc(OC(=O)C(=C)C)cc3)cc12. The molecule has 8 heteroatoms. The number of esters is 3. The number of hydrogen-bond donors (Lipinski definition) is 0. The van der Waals surface area contributed by atoms with Gasteiger partial charge in [-0.05, 0) is 107 Å². The summed E-state index contributed by atoms with van der Waals surface area (Å²) in [5.41, 5.74) is 4.16. The molecule has 0 spiro atoms. The molecule has 44 heavy (non-hydrogen) atoms. The summed E-state index contributed by atoms with van der Waals surface area (Å²) in [7, 11) is 0. The highest BCUT2D eigenvalue weighted by atomic mass is 16.5. The highest BCUT2D eigenvalue weighted by Gasteiger charge is 2.14. The van der Waals surface area contributed by atoms with Crippen LogP contribution in [0.1, 0.15) is 64.0 Å². The highest BCUT2D eigenvalue weighted by molar-refractivity contribution is 5.89. The number of carbonyl (C=O) groups excluding carboxylic acids is 3. The van der Waals surface area contributed by atoms with Crippen molar-refractivity contribution in [2.75, 3.05) is 13.2 Å². The van der Waals surface area contributed by atoms with E-state index in [0.717, 1.165) is 55.0 Å². The van der Waals surface area contributed by atoms with Crippen LogP contribution in [0.4, 0.5) is 0 Å². The Labute approximate surface area is 258 Å². The second-order valence-electron chi connectivity index (χ2n) is 10.9. The molecule has 1 aromatic heterocycles. The molecule has 3 aromatic rings. The van der Waals surface area contributed by atoms with E-state index in [1.54, 1.807) is 45.0 Å². The molecule has 0 aliphatic carbocycles. The van der Waals surface area contributed by atoms with Gasteiger partial charge < -0.3 is 18.6 Å². The van der Waals surface area contributed by atoms with Crippen molar-refractivity contribution in [3.8, 4) is 16.9 Å². The third kappa shape index (κ3) is 9.93. The van der Waals surface area contributed by atoms with E-state index < -0.39 is 17.6 Å². The second-order valence-corrected chi connectivity index (χ2v) is 10.9. The molecular weight excluding hydrogens is 560 g/mol. The summed E-state index contributed by atoms with van der Waals surface area (Å²) < 4.78 is 21.5. The molecule has 0 fully saturated rings. The van der Waals surface area contributed by atoms with Crippen molar-refractivity contribution in [3.63, 3.8) is 0 Å². The third-order valence-corrected chi connectivity index (χ3v) is 6.84. The van der Waals surface area contributed by atoms with Gasteiger partial charge in [0.2, 0.25) is 0 Å². The van der Waals surface area contributed by atoms with E-state index in [-0.39, 0.29) is 11.5 Å². The fourth-order valence-electron chi connectivity index (χ4n) is 4.40. The lowest BCUT2D eigenvalue weighted by molar-refractivity contribution is -0.139. The molecule has 0 atom stereocenters. The van der Waals surface area contributed by atoms with Crippen LogP contribution in [-0.2, 0) is 36.7 Å². The van der Waals surface area contributed by atoms with Gasteiger partial charge in [0, 0.05) is 22.1 Å². The first-order chi connectivity index (χ1) is 21.0. The van der Waals surface area contributed by atoms with Gasteiger partial charge in [0.15, 0.2) is 0 Å². The Balaban J connectivity index is 1.80. The predicted octanol–water partition coefficient (Wildman–Crippen LogP) is 7.22. The van der Waals surface area contributed by atoms with Crippen LogP contribution in [0.25, 0.3) is 22.1 Å². The van der Waals surface area contributed by atoms with Crippen LogP contribution in [0.2, 0.25) is 0 Å². The fourth-order valence-corrected chi connectivity index (χ4v) is 4.40. The van der Waals surface area contributed by atoms with Crippen LogP contribution in [0.5, 0.6) is 5.75 Å². The second kappa shape index (κ2) is 16.2. The van der Waals surface area contributed by atoms with E-state index in [4.69, 9.17) is 18.6 Å². The van der Waals surface area contributed by atoms with Gasteiger partial charge in [-0.3, -0.25) is 0 Å². The molecule has 0 amide bonds. The lowest BCUT2D eigenvalue weighted by Crippen LogP contribution is -2.08. The van der Waals surface area contributed by atoms with E-state index in [9.17, 15) is 19.2 Å². The van der Waals surface area contributed by atoms with Crippen molar-refractivity contribution < 1.29 is 33.0 Å². The number of rotatable bonds is 16. The molecule has 0 saturated carbocycles. The summed E-state index contributed by atoms with van der Waals surface area (Å²) in [5.74, 6) is -0.957. The Bertz CT molecular complexity index is 1610. The lowest BCUT2D eigenvalue weighted by Gasteiger charge is -2.12. The van der Waals surface area contributed by atoms with Crippen LogP contribution in [-0.4, -0.2) is 31.1 Å². The van der Waals surface area contributed by atoms with Crippen molar-refractivity contribution in [2.45, 2.75) is 65.7 Å². The van der Waals surface area contributed by atoms with Crippen molar-refractivity contribution in [3.05, 3.63) is 100 Å².